The van der Waals surface area contributed by atoms with Gasteiger partial charge in [-0.2, -0.15) is 0 Å². The van der Waals surface area contributed by atoms with Gasteiger partial charge in [-0.15, -0.1) is 0 Å². The molecule has 6 nitrogen and oxygen atoms in total. The molecule has 1 unspecified atom stereocenters. The van der Waals surface area contributed by atoms with Crippen LogP contribution in [0.4, 0.5) is 10.5 Å². The highest BCUT2D eigenvalue weighted by Gasteiger charge is 2.43. The topological polar surface area (TPSA) is 71.0 Å². The number of urea groups is 1. The van der Waals surface area contributed by atoms with Gasteiger partial charge in [0.25, 0.3) is 0 Å². The average molecular weight is 323 g/mol. The smallest absolute Gasteiger partial charge is 0.331 e. The number of benzene rings is 2. The van der Waals surface area contributed by atoms with Crippen LogP contribution in [0, 0.1) is 0 Å². The van der Waals surface area contributed by atoms with Crippen molar-refractivity contribution in [2.75, 3.05) is 5.32 Å². The zero-order chi connectivity index (χ0) is 16.9. The Bertz CT molecular complexity index is 760. The first kappa shape index (κ1) is 15.7. The molecule has 3 rings (SSSR count). The standard InChI is InChI=1S/C18H17N3O3/c1-13(14-8-4-2-5-9-14)20-24-17-12-16(22)21(17)18(23)19-15-10-6-3-7-11-15/h2-11,17H,12H2,1H3,(H,19,23)/b20-13+. The van der Waals surface area contributed by atoms with E-state index >= 15 is 0 Å². The number of β-lactam (4-membered cyclic amide) rings is 1. The van der Waals surface area contributed by atoms with Crippen molar-refractivity contribution in [3.63, 3.8) is 0 Å². The van der Waals surface area contributed by atoms with E-state index in [0.717, 1.165) is 10.5 Å². The molecule has 1 saturated heterocycles. The maximum absolute atomic E-state index is 12.2. The summed E-state index contributed by atoms with van der Waals surface area (Å²) in [7, 11) is 0. The summed E-state index contributed by atoms with van der Waals surface area (Å²) in [5.41, 5.74) is 2.21. The molecule has 0 saturated carbocycles. The number of anilines is 1. The first-order chi connectivity index (χ1) is 11.6. The van der Waals surface area contributed by atoms with Crippen molar-refractivity contribution in [2.24, 2.45) is 5.16 Å². The quantitative estimate of drug-likeness (QED) is 0.533. The molecular formula is C18H17N3O3. The lowest BCUT2D eigenvalue weighted by Gasteiger charge is -2.35. The Morgan fingerprint density at radius 2 is 1.75 bits per heavy atom. The van der Waals surface area contributed by atoms with E-state index in [1.807, 2.05) is 43.3 Å². The minimum atomic E-state index is -0.681. The minimum absolute atomic E-state index is 0.133. The molecule has 3 amide bonds. The molecule has 2 aromatic rings. The van der Waals surface area contributed by atoms with Gasteiger partial charge in [0, 0.05) is 5.69 Å². The van der Waals surface area contributed by atoms with Crippen molar-refractivity contribution in [2.45, 2.75) is 19.6 Å². The van der Waals surface area contributed by atoms with Gasteiger partial charge in [0.05, 0.1) is 12.1 Å². The summed E-state index contributed by atoms with van der Waals surface area (Å²) in [4.78, 5) is 30.3. The molecule has 1 aliphatic rings. The summed E-state index contributed by atoms with van der Waals surface area (Å²) in [5, 5.41) is 6.69. The Hall–Kier alpha value is -3.15. The van der Waals surface area contributed by atoms with Gasteiger partial charge in [-0.1, -0.05) is 53.7 Å². The maximum atomic E-state index is 12.2. The van der Waals surface area contributed by atoms with Gasteiger partial charge in [0.1, 0.15) is 0 Å². The number of hydrogen-bond acceptors (Lipinski definition) is 4. The van der Waals surface area contributed by atoms with Crippen LogP contribution in [0.3, 0.4) is 0 Å². The second-order valence-corrected chi connectivity index (χ2v) is 5.37. The van der Waals surface area contributed by atoms with Crippen molar-refractivity contribution in [1.82, 2.24) is 4.90 Å². The van der Waals surface area contributed by atoms with Gasteiger partial charge in [0.2, 0.25) is 12.1 Å². The maximum Gasteiger partial charge on any atom is 0.331 e. The summed E-state index contributed by atoms with van der Waals surface area (Å²) in [5.74, 6) is -0.291. The fourth-order valence-electron chi connectivity index (χ4n) is 2.29. The lowest BCUT2D eigenvalue weighted by Crippen LogP contribution is -2.57. The molecule has 0 aliphatic carbocycles. The Morgan fingerprint density at radius 3 is 2.38 bits per heavy atom. The SMILES string of the molecule is C/C(=N\OC1CC(=O)N1C(=O)Nc1ccccc1)c1ccccc1. The highest BCUT2D eigenvalue weighted by atomic mass is 16.7. The van der Waals surface area contributed by atoms with Gasteiger partial charge in [-0.3, -0.25) is 4.79 Å². The number of nitrogens with one attached hydrogen (secondary N) is 1. The highest BCUT2D eigenvalue weighted by Crippen LogP contribution is 2.22. The van der Waals surface area contributed by atoms with Crippen LogP contribution in [0.2, 0.25) is 0 Å². The predicted octanol–water partition coefficient (Wildman–Crippen LogP) is 3.22. The Labute approximate surface area is 139 Å². The average Bonchev–Trinajstić information content (AvgIpc) is 2.59. The van der Waals surface area contributed by atoms with Gasteiger partial charge < -0.3 is 10.2 Å². The molecule has 1 fully saturated rings. The third-order valence-electron chi connectivity index (χ3n) is 3.65. The van der Waals surface area contributed by atoms with Crippen LogP contribution in [-0.2, 0) is 9.63 Å². The van der Waals surface area contributed by atoms with Gasteiger partial charge >= 0.3 is 6.03 Å². The summed E-state index contributed by atoms with van der Waals surface area (Å²) in [6.07, 6.45) is -0.548. The van der Waals surface area contributed by atoms with Crippen LogP contribution in [0.1, 0.15) is 18.9 Å². The third-order valence-corrected chi connectivity index (χ3v) is 3.65. The number of likely N-dealkylation sites (tertiary alicyclic amines) is 1. The van der Waals surface area contributed by atoms with Crippen LogP contribution in [0.5, 0.6) is 0 Å². The van der Waals surface area contributed by atoms with E-state index in [0.29, 0.717) is 11.4 Å². The molecule has 0 bridgehead atoms. The van der Waals surface area contributed by atoms with Crippen LogP contribution in [-0.4, -0.2) is 28.8 Å². The molecule has 0 radical (unpaired) electrons. The van der Waals surface area contributed by atoms with Crippen molar-refractivity contribution < 1.29 is 14.4 Å². The monoisotopic (exact) mass is 323 g/mol. The third kappa shape index (κ3) is 3.43. The lowest BCUT2D eigenvalue weighted by atomic mass is 10.1. The normalized spacial score (nSPS) is 17.2. The fourth-order valence-corrected chi connectivity index (χ4v) is 2.29. The highest BCUT2D eigenvalue weighted by molar-refractivity contribution is 6.05. The zero-order valence-corrected chi connectivity index (χ0v) is 13.2. The minimum Gasteiger partial charge on any atom is -0.369 e. The number of hydrogen-bond donors (Lipinski definition) is 1. The first-order valence-corrected chi connectivity index (χ1v) is 7.59. The van der Waals surface area contributed by atoms with Crippen molar-refractivity contribution in [3.8, 4) is 0 Å². The Balaban J connectivity index is 1.62. The Kier molecular flexibility index (Phi) is 4.56. The van der Waals surface area contributed by atoms with Crippen LogP contribution in [0.15, 0.2) is 65.8 Å². The molecule has 1 N–H and O–H groups in total. The van der Waals surface area contributed by atoms with Gasteiger partial charge in [0.15, 0.2) is 0 Å². The predicted molar refractivity (Wildman–Crippen MR) is 90.4 cm³/mol. The summed E-state index contributed by atoms with van der Waals surface area (Å²) in [6.45, 7) is 1.81. The lowest BCUT2D eigenvalue weighted by molar-refractivity contribution is -0.163. The molecule has 1 heterocycles. The number of oxime groups is 1. The second-order valence-electron chi connectivity index (χ2n) is 5.37. The number of imide groups is 1. The molecule has 1 atom stereocenters. The van der Waals surface area contributed by atoms with Crippen molar-refractivity contribution in [3.05, 3.63) is 66.2 Å². The van der Waals surface area contributed by atoms with E-state index in [1.165, 1.54) is 0 Å². The molecule has 0 aromatic heterocycles. The number of amides is 3. The van der Waals surface area contributed by atoms with E-state index in [9.17, 15) is 9.59 Å². The number of rotatable bonds is 4. The molecular weight excluding hydrogens is 306 g/mol. The molecule has 122 valence electrons. The molecule has 24 heavy (non-hydrogen) atoms. The van der Waals surface area contributed by atoms with Crippen molar-refractivity contribution in [1.29, 1.82) is 0 Å². The molecule has 0 spiro atoms. The largest absolute Gasteiger partial charge is 0.369 e. The molecule has 6 heteroatoms. The van der Waals surface area contributed by atoms with Gasteiger partial charge in [-0.25, -0.2) is 9.69 Å². The summed E-state index contributed by atoms with van der Waals surface area (Å²) in [6, 6.07) is 18.0. The Morgan fingerprint density at radius 1 is 1.12 bits per heavy atom. The second kappa shape index (κ2) is 6.95. The molecule has 1 aliphatic heterocycles. The van der Waals surface area contributed by atoms with E-state index in [4.69, 9.17) is 4.84 Å². The molecule has 2 aromatic carbocycles. The number of carbonyl (C=O) groups is 2. The van der Waals surface area contributed by atoms with Crippen LogP contribution in [0.25, 0.3) is 0 Å². The number of nitrogens with zero attached hydrogens (tertiary/aromatic N) is 2. The summed E-state index contributed by atoms with van der Waals surface area (Å²) >= 11 is 0. The number of para-hydroxylation sites is 1. The van der Waals surface area contributed by atoms with E-state index in [-0.39, 0.29) is 12.3 Å². The zero-order valence-electron chi connectivity index (χ0n) is 13.2. The first-order valence-electron chi connectivity index (χ1n) is 7.59. The van der Waals surface area contributed by atoms with E-state index < -0.39 is 12.3 Å². The fraction of sp³-hybridized carbons (Fsp3) is 0.167. The summed E-state index contributed by atoms with van der Waals surface area (Å²) < 4.78 is 0. The van der Waals surface area contributed by atoms with E-state index in [1.54, 1.807) is 24.3 Å². The van der Waals surface area contributed by atoms with Crippen LogP contribution < -0.4 is 5.32 Å². The number of carbonyl (C=O) groups excluding carboxylic acids is 2. The van der Waals surface area contributed by atoms with Crippen molar-refractivity contribution >= 4 is 23.3 Å². The van der Waals surface area contributed by atoms with Gasteiger partial charge in [-0.05, 0) is 24.6 Å². The van der Waals surface area contributed by atoms with E-state index in [2.05, 4.69) is 10.5 Å². The van der Waals surface area contributed by atoms with Crippen LogP contribution >= 0.6 is 0 Å².